The molecule has 4 nitrogen and oxygen atoms in total. The lowest BCUT2D eigenvalue weighted by Gasteiger charge is -1.94. The molecule has 0 unspecified atom stereocenters. The number of hydrogen-bond donors (Lipinski definition) is 0. The van der Waals surface area contributed by atoms with E-state index in [0.29, 0.717) is 0 Å². The summed E-state index contributed by atoms with van der Waals surface area (Å²) in [5, 5.41) is 4.20. The van der Waals surface area contributed by atoms with E-state index in [2.05, 4.69) is 53.6 Å². The number of nitrogens with zero attached hydrogens (tertiary/aromatic N) is 4. The SMILES string of the molecule is Cc1snnc1-c1c(C)n(C)c(C)[n+]1C. The van der Waals surface area contributed by atoms with Crippen molar-refractivity contribution in [1.29, 1.82) is 0 Å². The van der Waals surface area contributed by atoms with Gasteiger partial charge < -0.3 is 0 Å². The van der Waals surface area contributed by atoms with Gasteiger partial charge in [0.2, 0.25) is 0 Å². The van der Waals surface area contributed by atoms with Crippen LogP contribution in [0.5, 0.6) is 0 Å². The lowest BCUT2D eigenvalue weighted by atomic mass is 10.2. The maximum Gasteiger partial charge on any atom is 0.253 e. The summed E-state index contributed by atoms with van der Waals surface area (Å²) in [6, 6.07) is 0. The fourth-order valence-corrected chi connectivity index (χ4v) is 2.28. The van der Waals surface area contributed by atoms with Gasteiger partial charge in [-0.1, -0.05) is 4.49 Å². The molecule has 0 fully saturated rings. The molecule has 0 aliphatic heterocycles. The predicted octanol–water partition coefficient (Wildman–Crippen LogP) is 1.29. The third-order valence-electron chi connectivity index (χ3n) is 3.03. The zero-order valence-corrected chi connectivity index (χ0v) is 10.5. The molecule has 0 saturated carbocycles. The van der Waals surface area contributed by atoms with Crippen LogP contribution in [-0.2, 0) is 14.1 Å². The van der Waals surface area contributed by atoms with Crippen molar-refractivity contribution in [3.63, 3.8) is 0 Å². The van der Waals surface area contributed by atoms with Gasteiger partial charge in [0.05, 0.1) is 19.0 Å². The molecule has 80 valence electrons. The van der Waals surface area contributed by atoms with E-state index in [4.69, 9.17) is 0 Å². The zero-order chi connectivity index (χ0) is 11.2. The summed E-state index contributed by atoms with van der Waals surface area (Å²) in [5.41, 5.74) is 3.40. The first kappa shape index (κ1) is 10.3. The van der Waals surface area contributed by atoms with Gasteiger partial charge in [-0.2, -0.15) is 0 Å². The van der Waals surface area contributed by atoms with E-state index in [0.717, 1.165) is 5.69 Å². The second-order valence-electron chi connectivity index (χ2n) is 3.78. The summed E-state index contributed by atoms with van der Waals surface area (Å²) in [6.45, 7) is 6.27. The highest BCUT2D eigenvalue weighted by atomic mass is 32.1. The van der Waals surface area contributed by atoms with Crippen molar-refractivity contribution in [2.24, 2.45) is 14.1 Å². The van der Waals surface area contributed by atoms with E-state index < -0.39 is 0 Å². The Hall–Kier alpha value is -1.23. The van der Waals surface area contributed by atoms with E-state index >= 15 is 0 Å². The molecule has 0 atom stereocenters. The molecular formula is C10H15N4S+. The monoisotopic (exact) mass is 223 g/mol. The van der Waals surface area contributed by atoms with Crippen LogP contribution in [-0.4, -0.2) is 14.2 Å². The van der Waals surface area contributed by atoms with Gasteiger partial charge in [0.25, 0.3) is 5.82 Å². The molecule has 0 amide bonds. The van der Waals surface area contributed by atoms with Gasteiger partial charge in [0.1, 0.15) is 5.69 Å². The fourth-order valence-electron chi connectivity index (χ4n) is 1.81. The van der Waals surface area contributed by atoms with Crippen LogP contribution in [0.15, 0.2) is 0 Å². The summed E-state index contributed by atoms with van der Waals surface area (Å²) >= 11 is 1.45. The molecule has 2 heterocycles. The second kappa shape index (κ2) is 3.41. The van der Waals surface area contributed by atoms with Gasteiger partial charge in [-0.25, -0.2) is 9.13 Å². The molecule has 0 aliphatic carbocycles. The summed E-state index contributed by atoms with van der Waals surface area (Å²) < 4.78 is 8.33. The molecular weight excluding hydrogens is 208 g/mol. The van der Waals surface area contributed by atoms with Gasteiger partial charge >= 0.3 is 0 Å². The fraction of sp³-hybridized carbons (Fsp3) is 0.500. The average Bonchev–Trinajstić information content (AvgIpc) is 2.68. The highest BCUT2D eigenvalue weighted by molar-refractivity contribution is 7.05. The minimum atomic E-state index is 1.00. The molecule has 15 heavy (non-hydrogen) atoms. The van der Waals surface area contributed by atoms with Crippen molar-refractivity contribution < 1.29 is 4.57 Å². The molecule has 0 aromatic carbocycles. The predicted molar refractivity (Wildman–Crippen MR) is 59.7 cm³/mol. The highest BCUT2D eigenvalue weighted by Crippen LogP contribution is 2.23. The third-order valence-corrected chi connectivity index (χ3v) is 3.66. The zero-order valence-electron chi connectivity index (χ0n) is 9.70. The van der Waals surface area contributed by atoms with Crippen molar-refractivity contribution in [2.75, 3.05) is 0 Å². The van der Waals surface area contributed by atoms with Crippen LogP contribution in [0.3, 0.4) is 0 Å². The van der Waals surface area contributed by atoms with Gasteiger partial charge in [-0.05, 0) is 18.5 Å². The Bertz CT molecular complexity index is 484. The quantitative estimate of drug-likeness (QED) is 0.683. The maximum absolute atomic E-state index is 4.20. The van der Waals surface area contributed by atoms with Gasteiger partial charge in [-0.3, -0.25) is 0 Å². The minimum Gasteiger partial charge on any atom is -0.234 e. The van der Waals surface area contributed by atoms with Crippen LogP contribution in [0.2, 0.25) is 0 Å². The van der Waals surface area contributed by atoms with Gasteiger partial charge in [0, 0.05) is 13.8 Å². The standard InChI is InChI=1S/C10H15N4S/c1-6-10(9-7(2)15-12-11-9)14(5)8(3)13(6)4/h1-5H3/q+1. The van der Waals surface area contributed by atoms with Crippen LogP contribution >= 0.6 is 11.5 Å². The molecule has 5 heteroatoms. The lowest BCUT2D eigenvalue weighted by molar-refractivity contribution is -0.666. The minimum absolute atomic E-state index is 1.00. The van der Waals surface area contributed by atoms with E-state index in [9.17, 15) is 0 Å². The van der Waals surface area contributed by atoms with Crippen molar-refractivity contribution in [3.05, 3.63) is 16.4 Å². The first-order valence-corrected chi connectivity index (χ1v) is 5.62. The first-order chi connectivity index (χ1) is 7.04. The van der Waals surface area contributed by atoms with Crippen LogP contribution < -0.4 is 4.57 Å². The Labute approximate surface area is 93.4 Å². The van der Waals surface area contributed by atoms with E-state index in [1.807, 2.05) is 0 Å². The molecule has 0 N–H and O–H groups in total. The summed E-state index contributed by atoms with van der Waals surface area (Å²) in [5.74, 6) is 1.22. The Balaban J connectivity index is 2.74. The average molecular weight is 223 g/mol. The Kier molecular flexibility index (Phi) is 2.34. The summed E-state index contributed by atoms with van der Waals surface area (Å²) in [4.78, 5) is 1.17. The molecule has 0 saturated heterocycles. The molecule has 0 radical (unpaired) electrons. The Morgan fingerprint density at radius 1 is 1.27 bits per heavy atom. The highest BCUT2D eigenvalue weighted by Gasteiger charge is 2.24. The van der Waals surface area contributed by atoms with Gasteiger partial charge in [0.15, 0.2) is 11.4 Å². The molecule has 2 aromatic rings. The van der Waals surface area contributed by atoms with Gasteiger partial charge in [-0.15, -0.1) is 5.10 Å². The van der Waals surface area contributed by atoms with Crippen LogP contribution in [0.4, 0.5) is 0 Å². The van der Waals surface area contributed by atoms with Crippen molar-refractivity contribution in [3.8, 4) is 11.4 Å². The number of hydrogen-bond acceptors (Lipinski definition) is 3. The van der Waals surface area contributed by atoms with E-state index in [1.165, 1.54) is 33.6 Å². The number of rotatable bonds is 1. The topological polar surface area (TPSA) is 34.6 Å². The molecule has 0 bridgehead atoms. The van der Waals surface area contributed by atoms with Crippen molar-refractivity contribution >= 4 is 11.5 Å². The van der Waals surface area contributed by atoms with Crippen LogP contribution in [0.1, 0.15) is 16.4 Å². The molecule has 2 rings (SSSR count). The Morgan fingerprint density at radius 3 is 2.33 bits per heavy atom. The Morgan fingerprint density at radius 2 is 1.93 bits per heavy atom. The van der Waals surface area contributed by atoms with Crippen LogP contribution in [0.25, 0.3) is 11.4 Å². The number of imidazole rings is 1. The number of aromatic nitrogens is 4. The normalized spacial score (nSPS) is 11.0. The number of aryl methyl sites for hydroxylation is 1. The summed E-state index contributed by atoms with van der Waals surface area (Å²) in [6.07, 6.45) is 0. The van der Waals surface area contributed by atoms with Crippen LogP contribution in [0, 0.1) is 20.8 Å². The lowest BCUT2D eigenvalue weighted by Crippen LogP contribution is -2.32. The largest absolute Gasteiger partial charge is 0.253 e. The maximum atomic E-state index is 4.20. The molecule has 0 spiro atoms. The molecule has 2 aromatic heterocycles. The second-order valence-corrected chi connectivity index (χ2v) is 4.74. The third kappa shape index (κ3) is 1.38. The summed E-state index contributed by atoms with van der Waals surface area (Å²) in [7, 11) is 4.14. The first-order valence-electron chi connectivity index (χ1n) is 4.85. The smallest absolute Gasteiger partial charge is 0.234 e. The van der Waals surface area contributed by atoms with Crippen molar-refractivity contribution in [1.82, 2.24) is 14.2 Å². The van der Waals surface area contributed by atoms with Crippen molar-refractivity contribution in [2.45, 2.75) is 20.8 Å². The molecule has 0 aliphatic rings. The van der Waals surface area contributed by atoms with E-state index in [-0.39, 0.29) is 0 Å². The van der Waals surface area contributed by atoms with E-state index in [1.54, 1.807) is 0 Å².